The van der Waals surface area contributed by atoms with Gasteiger partial charge in [0.15, 0.2) is 0 Å². The number of pyridine rings is 1. The van der Waals surface area contributed by atoms with Gasteiger partial charge in [-0.25, -0.2) is 0 Å². The van der Waals surface area contributed by atoms with Gasteiger partial charge in [-0.2, -0.15) is 0 Å². The molecule has 10 heavy (non-hydrogen) atoms. The van der Waals surface area contributed by atoms with E-state index in [0.717, 1.165) is 5.52 Å². The molecule has 0 radical (unpaired) electrons. The van der Waals surface area contributed by atoms with Crippen molar-refractivity contribution in [3.8, 4) is 0 Å². The van der Waals surface area contributed by atoms with Gasteiger partial charge in [0, 0.05) is 0 Å². The van der Waals surface area contributed by atoms with Crippen molar-refractivity contribution < 1.29 is 0 Å². The molecule has 0 saturated carbocycles. The molecule has 0 amide bonds. The van der Waals surface area contributed by atoms with E-state index >= 15 is 0 Å². The molecule has 50 valence electrons. The molecule has 0 unspecified atom stereocenters. The SMILES string of the molecule is [SeH]c1cc2ncccc2s1. The topological polar surface area (TPSA) is 12.9 Å². The van der Waals surface area contributed by atoms with Crippen molar-refractivity contribution in [2.45, 2.75) is 0 Å². The van der Waals surface area contributed by atoms with Gasteiger partial charge in [-0.15, -0.1) is 0 Å². The number of fused-ring (bicyclic) bond motifs is 1. The molecule has 3 heteroatoms. The molecular formula is C7H5NSSe. The van der Waals surface area contributed by atoms with Crippen LogP contribution in [0.2, 0.25) is 0 Å². The van der Waals surface area contributed by atoms with E-state index in [9.17, 15) is 0 Å². The molecule has 2 aromatic rings. The van der Waals surface area contributed by atoms with Crippen LogP contribution in [0.1, 0.15) is 0 Å². The Morgan fingerprint density at radius 2 is 2.40 bits per heavy atom. The van der Waals surface area contributed by atoms with Gasteiger partial charge < -0.3 is 0 Å². The first-order chi connectivity index (χ1) is 4.86. The van der Waals surface area contributed by atoms with Crippen molar-refractivity contribution in [1.29, 1.82) is 0 Å². The molecule has 0 aliphatic rings. The second-order valence-corrected chi connectivity index (χ2v) is 4.72. The zero-order chi connectivity index (χ0) is 6.97. The van der Waals surface area contributed by atoms with Gasteiger partial charge >= 0.3 is 70.7 Å². The molecule has 0 aromatic carbocycles. The number of aromatic nitrogens is 1. The molecule has 0 saturated heterocycles. The Morgan fingerprint density at radius 1 is 1.50 bits per heavy atom. The van der Waals surface area contributed by atoms with Crippen molar-refractivity contribution in [1.82, 2.24) is 4.98 Å². The van der Waals surface area contributed by atoms with Crippen LogP contribution in [-0.4, -0.2) is 21.0 Å². The van der Waals surface area contributed by atoms with Crippen molar-refractivity contribution in [3.05, 3.63) is 24.4 Å². The van der Waals surface area contributed by atoms with Crippen LogP contribution in [0, 0.1) is 0 Å². The maximum absolute atomic E-state index is 4.20. The van der Waals surface area contributed by atoms with Crippen LogP contribution in [0.4, 0.5) is 0 Å². The number of thiophene rings is 1. The van der Waals surface area contributed by atoms with E-state index in [1.165, 1.54) is 8.48 Å². The third-order valence-corrected chi connectivity index (χ3v) is 3.01. The number of hydrogen-bond donors (Lipinski definition) is 0. The summed E-state index contributed by atoms with van der Waals surface area (Å²) >= 11 is 4.30. The zero-order valence-electron chi connectivity index (χ0n) is 5.11. The molecule has 0 spiro atoms. The van der Waals surface area contributed by atoms with Crippen molar-refractivity contribution in [3.63, 3.8) is 0 Å². The Labute approximate surface area is 70.9 Å². The van der Waals surface area contributed by atoms with Gasteiger partial charge in [0.2, 0.25) is 0 Å². The number of nitrogens with zero attached hydrogens (tertiary/aromatic N) is 1. The summed E-state index contributed by atoms with van der Waals surface area (Å²) < 4.78 is 2.53. The fraction of sp³-hybridized carbons (Fsp3) is 0. The molecular weight excluding hydrogens is 209 g/mol. The minimum absolute atomic E-state index is 1.10. The van der Waals surface area contributed by atoms with Gasteiger partial charge in [-0.1, -0.05) is 0 Å². The van der Waals surface area contributed by atoms with E-state index in [1.807, 2.05) is 12.3 Å². The van der Waals surface area contributed by atoms with Crippen LogP contribution in [0.5, 0.6) is 0 Å². The van der Waals surface area contributed by atoms with Gasteiger partial charge in [-0.05, 0) is 0 Å². The fourth-order valence-corrected chi connectivity index (χ4v) is 2.49. The molecule has 0 bridgehead atoms. The first-order valence-corrected chi connectivity index (χ1v) is 4.65. The molecule has 0 atom stereocenters. The summed E-state index contributed by atoms with van der Waals surface area (Å²) in [6.45, 7) is 0. The molecule has 2 heterocycles. The second-order valence-electron chi connectivity index (χ2n) is 1.97. The Bertz CT molecular complexity index is 322. The predicted molar refractivity (Wildman–Crippen MR) is 46.4 cm³/mol. The van der Waals surface area contributed by atoms with Gasteiger partial charge in [0.1, 0.15) is 0 Å². The molecule has 0 aliphatic carbocycles. The molecule has 0 aliphatic heterocycles. The fourth-order valence-electron chi connectivity index (χ4n) is 0.857. The van der Waals surface area contributed by atoms with Gasteiger partial charge in [0.05, 0.1) is 0 Å². The Morgan fingerprint density at radius 3 is 3.20 bits per heavy atom. The maximum atomic E-state index is 4.20. The molecule has 2 rings (SSSR count). The van der Waals surface area contributed by atoms with Crippen molar-refractivity contribution in [2.75, 3.05) is 0 Å². The summed E-state index contributed by atoms with van der Waals surface area (Å²) in [5.74, 6) is 0. The molecule has 0 fully saturated rings. The van der Waals surface area contributed by atoms with E-state index in [4.69, 9.17) is 0 Å². The average molecular weight is 214 g/mol. The monoisotopic (exact) mass is 215 g/mol. The zero-order valence-corrected chi connectivity index (χ0v) is 7.81. The average Bonchev–Trinajstić information content (AvgIpc) is 2.27. The Kier molecular flexibility index (Phi) is 1.49. The van der Waals surface area contributed by atoms with Crippen LogP contribution in [0.25, 0.3) is 10.2 Å². The Hall–Kier alpha value is -0.371. The summed E-state index contributed by atoms with van der Waals surface area (Å²) in [5.41, 5.74) is 1.10. The molecule has 0 N–H and O–H groups in total. The van der Waals surface area contributed by atoms with Crippen LogP contribution >= 0.6 is 11.3 Å². The van der Waals surface area contributed by atoms with E-state index in [1.54, 1.807) is 11.3 Å². The summed E-state index contributed by atoms with van der Waals surface area (Å²) in [5, 5.41) is 0. The van der Waals surface area contributed by atoms with E-state index in [-0.39, 0.29) is 0 Å². The summed E-state index contributed by atoms with van der Waals surface area (Å²) in [7, 11) is 0. The van der Waals surface area contributed by atoms with Crippen LogP contribution in [-0.2, 0) is 0 Å². The number of rotatable bonds is 0. The van der Waals surface area contributed by atoms with E-state index in [2.05, 4.69) is 33.1 Å². The molecule has 2 aromatic heterocycles. The first kappa shape index (κ1) is 6.35. The second kappa shape index (κ2) is 2.35. The first-order valence-electron chi connectivity index (χ1n) is 2.90. The van der Waals surface area contributed by atoms with Crippen LogP contribution in [0.15, 0.2) is 24.4 Å². The number of hydrogen-bond acceptors (Lipinski definition) is 2. The van der Waals surface area contributed by atoms with E-state index in [0.29, 0.717) is 0 Å². The standard InChI is InChI=1S/C7H5NSSe/c10-7-4-5-6(9-7)2-1-3-8-5/h1-4,10H. The quantitative estimate of drug-likeness (QED) is 0.592. The Balaban J connectivity index is 2.88. The summed E-state index contributed by atoms with van der Waals surface area (Å²) in [4.78, 5) is 4.20. The van der Waals surface area contributed by atoms with Crippen molar-refractivity contribution in [2.24, 2.45) is 0 Å². The van der Waals surface area contributed by atoms with E-state index < -0.39 is 0 Å². The molecule has 1 nitrogen and oxygen atoms in total. The van der Waals surface area contributed by atoms with Crippen LogP contribution in [0.3, 0.4) is 0 Å². The summed E-state index contributed by atoms with van der Waals surface area (Å²) in [6.07, 6.45) is 1.82. The van der Waals surface area contributed by atoms with Gasteiger partial charge in [-0.3, -0.25) is 0 Å². The predicted octanol–water partition coefficient (Wildman–Crippen LogP) is 0.822. The summed E-state index contributed by atoms with van der Waals surface area (Å²) in [6, 6.07) is 6.13. The minimum atomic E-state index is 1.10. The third-order valence-electron chi connectivity index (χ3n) is 1.27. The third kappa shape index (κ3) is 0.966. The normalized spacial score (nSPS) is 10.5. The van der Waals surface area contributed by atoms with Crippen molar-refractivity contribution >= 4 is 41.3 Å². The van der Waals surface area contributed by atoms with Gasteiger partial charge in [0.25, 0.3) is 0 Å². The van der Waals surface area contributed by atoms with Crippen LogP contribution < -0.4 is 3.78 Å².